The molecule has 0 amide bonds. The van der Waals surface area contributed by atoms with Crippen molar-refractivity contribution in [2.24, 2.45) is 46.3 Å². The van der Waals surface area contributed by atoms with Gasteiger partial charge in [-0.1, -0.05) is 85.6 Å². The normalized spacial score (nSPS) is 43.4. The number of allylic oxidation sites excluding steroid dienone is 3. The van der Waals surface area contributed by atoms with Crippen LogP contribution in [-0.2, 0) is 9.16 Å². The molecule has 0 aromatic rings. The quantitative estimate of drug-likeness (QED) is 0.254. The van der Waals surface area contributed by atoms with Crippen LogP contribution in [0.4, 0.5) is 0 Å². The van der Waals surface area contributed by atoms with Crippen molar-refractivity contribution >= 4 is 8.32 Å². The van der Waals surface area contributed by atoms with Gasteiger partial charge in [0.1, 0.15) is 0 Å². The predicted octanol–water partition coefficient (Wildman–Crippen LogP) is 9.57. The van der Waals surface area contributed by atoms with Crippen molar-refractivity contribution in [3.05, 3.63) is 23.3 Å². The molecule has 0 radical (unpaired) electrons. The molecule has 0 N–H and O–H groups in total. The molecule has 4 aliphatic carbocycles. The second-order valence-corrected chi connectivity index (χ2v) is 21.1. The molecule has 1 saturated heterocycles. The van der Waals surface area contributed by atoms with Gasteiger partial charge >= 0.3 is 0 Å². The van der Waals surface area contributed by atoms with Gasteiger partial charge in [-0.15, -0.1) is 0 Å². The predicted molar refractivity (Wildman–Crippen MR) is 159 cm³/mol. The minimum Gasteiger partial charge on any atom is -0.414 e. The summed E-state index contributed by atoms with van der Waals surface area (Å²) in [5.41, 5.74) is 4.31. The molecule has 3 heteroatoms. The number of rotatable bonds is 6. The summed E-state index contributed by atoms with van der Waals surface area (Å²) in [6.07, 6.45) is 15.8. The Balaban J connectivity index is 1.32. The highest BCUT2D eigenvalue weighted by Gasteiger charge is 2.60. The smallest absolute Gasteiger partial charge is 0.192 e. The summed E-state index contributed by atoms with van der Waals surface area (Å²) in [6.45, 7) is 26.9. The maximum absolute atomic E-state index is 6.93. The Labute approximate surface area is 230 Å². The van der Waals surface area contributed by atoms with Gasteiger partial charge in [0.15, 0.2) is 8.32 Å². The van der Waals surface area contributed by atoms with Crippen LogP contribution < -0.4 is 0 Å². The largest absolute Gasteiger partial charge is 0.414 e. The Morgan fingerprint density at radius 1 is 0.919 bits per heavy atom. The second-order valence-electron chi connectivity index (χ2n) is 16.4. The molecular weight excluding hydrogens is 468 g/mol. The summed E-state index contributed by atoms with van der Waals surface area (Å²) in [5.74, 6) is 4.40. The average Bonchev–Trinajstić information content (AvgIpc) is 3.52. The highest BCUT2D eigenvalue weighted by atomic mass is 28.4. The Kier molecular flexibility index (Phi) is 7.10. The van der Waals surface area contributed by atoms with Gasteiger partial charge in [0.25, 0.3) is 0 Å². The molecule has 0 bridgehead atoms. The number of hydrogen-bond donors (Lipinski definition) is 0. The maximum Gasteiger partial charge on any atom is 0.192 e. The lowest BCUT2D eigenvalue weighted by Crippen LogP contribution is -2.49. The third kappa shape index (κ3) is 4.59. The van der Waals surface area contributed by atoms with Gasteiger partial charge < -0.3 is 9.16 Å². The Morgan fingerprint density at radius 2 is 1.62 bits per heavy atom. The van der Waals surface area contributed by atoms with Crippen LogP contribution in [0, 0.1) is 46.3 Å². The Hall–Kier alpha value is -0.383. The summed E-state index contributed by atoms with van der Waals surface area (Å²) >= 11 is 0. The van der Waals surface area contributed by atoms with E-state index in [0.29, 0.717) is 46.9 Å². The summed E-state index contributed by atoms with van der Waals surface area (Å²) in [4.78, 5) is 0. The van der Waals surface area contributed by atoms with Crippen molar-refractivity contribution in [1.82, 2.24) is 0 Å². The van der Waals surface area contributed by atoms with Crippen LogP contribution in [0.3, 0.4) is 0 Å². The van der Waals surface area contributed by atoms with E-state index >= 15 is 0 Å². The maximum atomic E-state index is 6.93. The van der Waals surface area contributed by atoms with Crippen molar-refractivity contribution in [1.29, 1.82) is 0 Å². The first-order valence-corrected chi connectivity index (χ1v) is 18.8. The summed E-state index contributed by atoms with van der Waals surface area (Å²) in [7, 11) is -1.73. The van der Waals surface area contributed by atoms with E-state index in [1.807, 2.05) is 5.57 Å². The van der Waals surface area contributed by atoms with Crippen LogP contribution in [0.15, 0.2) is 23.3 Å². The molecule has 1 aliphatic heterocycles. The number of hydrogen-bond acceptors (Lipinski definition) is 2. The summed E-state index contributed by atoms with van der Waals surface area (Å²) in [6, 6.07) is 0. The van der Waals surface area contributed by atoms with Crippen LogP contribution in [0.25, 0.3) is 0 Å². The summed E-state index contributed by atoms with van der Waals surface area (Å²) < 4.78 is 13.3. The molecule has 2 nitrogen and oxygen atoms in total. The number of fused-ring (bicyclic) bond motifs is 5. The summed E-state index contributed by atoms with van der Waals surface area (Å²) in [5, 5.41) is 0.282. The Morgan fingerprint density at radius 3 is 2.27 bits per heavy atom. The fourth-order valence-corrected chi connectivity index (χ4v) is 10.5. The number of ether oxygens (including phenoxy) is 1. The topological polar surface area (TPSA) is 21.8 Å². The molecule has 0 aromatic heterocycles. The fraction of sp³-hybridized carbons (Fsp3) is 0.882. The van der Waals surface area contributed by atoms with Crippen LogP contribution in [0.2, 0.25) is 18.1 Å². The van der Waals surface area contributed by atoms with Crippen LogP contribution in [0.1, 0.15) is 107 Å². The van der Waals surface area contributed by atoms with Crippen molar-refractivity contribution in [3.63, 3.8) is 0 Å². The van der Waals surface area contributed by atoms with Gasteiger partial charge in [-0.05, 0) is 109 Å². The van der Waals surface area contributed by atoms with Crippen LogP contribution in [0.5, 0.6) is 0 Å². The van der Waals surface area contributed by atoms with E-state index in [2.05, 4.69) is 87.6 Å². The van der Waals surface area contributed by atoms with Gasteiger partial charge in [-0.3, -0.25) is 0 Å². The van der Waals surface area contributed by atoms with Gasteiger partial charge in [-0.25, -0.2) is 0 Å². The molecule has 10 atom stereocenters. The van der Waals surface area contributed by atoms with E-state index in [4.69, 9.17) is 9.16 Å². The molecular formula is C34H58O2Si. The molecule has 4 fully saturated rings. The number of epoxide rings is 1. The molecule has 5 rings (SSSR count). The van der Waals surface area contributed by atoms with E-state index in [1.165, 1.54) is 38.5 Å². The standard InChI is InChI=1S/C34H58O2Si/c1-21(2)22(3)30-31(35-30)23(4)27-14-15-28-26-13-12-24-20-25(36-37(10,11)32(5,6)7)16-18-33(24,8)29(26)17-19-34(27,28)9/h12-13,21-23,25,27-31H,14-20H2,1-11H3/t22-,23+,25+,27-,28+,29+,30?,31?,33+,34-/m1/s1. The minimum atomic E-state index is -1.73. The lowest BCUT2D eigenvalue weighted by molar-refractivity contribution is 0.0317. The zero-order chi connectivity index (χ0) is 27.1. The van der Waals surface area contributed by atoms with E-state index in [1.54, 1.807) is 5.57 Å². The van der Waals surface area contributed by atoms with E-state index < -0.39 is 8.32 Å². The first-order chi connectivity index (χ1) is 17.1. The zero-order valence-electron chi connectivity index (χ0n) is 26.1. The highest BCUT2D eigenvalue weighted by Crippen LogP contribution is 2.67. The molecule has 3 saturated carbocycles. The first-order valence-electron chi connectivity index (χ1n) is 15.8. The second kappa shape index (κ2) is 9.34. The van der Waals surface area contributed by atoms with Crippen molar-refractivity contribution in [2.45, 2.75) is 144 Å². The molecule has 0 spiro atoms. The van der Waals surface area contributed by atoms with Crippen molar-refractivity contribution in [2.75, 3.05) is 0 Å². The Bertz CT molecular complexity index is 940. The van der Waals surface area contributed by atoms with E-state index in [-0.39, 0.29) is 5.04 Å². The third-order valence-corrected chi connectivity index (χ3v) is 17.7. The van der Waals surface area contributed by atoms with Gasteiger partial charge in [-0.2, -0.15) is 0 Å². The van der Waals surface area contributed by atoms with Gasteiger partial charge in [0.05, 0.1) is 12.2 Å². The lowest BCUT2D eigenvalue weighted by Gasteiger charge is -2.56. The molecule has 5 aliphatic rings. The molecule has 37 heavy (non-hydrogen) atoms. The average molecular weight is 527 g/mol. The first kappa shape index (κ1) is 28.2. The van der Waals surface area contributed by atoms with Crippen molar-refractivity contribution in [3.8, 4) is 0 Å². The molecule has 0 aromatic carbocycles. The zero-order valence-corrected chi connectivity index (χ0v) is 27.1. The molecule has 210 valence electrons. The van der Waals surface area contributed by atoms with E-state index in [0.717, 1.165) is 24.2 Å². The van der Waals surface area contributed by atoms with Crippen LogP contribution in [-0.4, -0.2) is 26.6 Å². The van der Waals surface area contributed by atoms with E-state index in [9.17, 15) is 0 Å². The lowest BCUT2D eigenvalue weighted by atomic mass is 9.50. The highest BCUT2D eigenvalue weighted by molar-refractivity contribution is 6.74. The monoisotopic (exact) mass is 526 g/mol. The van der Waals surface area contributed by atoms with Gasteiger partial charge in [0.2, 0.25) is 0 Å². The molecule has 2 unspecified atom stereocenters. The fourth-order valence-electron chi connectivity index (χ4n) is 9.16. The third-order valence-electron chi connectivity index (χ3n) is 13.2. The SMILES string of the molecule is CC(C)[C@@H](C)C1OC1[C@@H](C)[C@H]1CC[C@H]2C3=CC=C4C[C@@H](O[Si](C)(C)C(C)(C)C)CC[C@]4(C)[C@H]3CC[C@]12C. The van der Waals surface area contributed by atoms with Crippen molar-refractivity contribution < 1.29 is 9.16 Å². The molecule has 1 heterocycles. The van der Waals surface area contributed by atoms with Crippen LogP contribution >= 0.6 is 0 Å². The van der Waals surface area contributed by atoms with Gasteiger partial charge in [0, 0.05) is 6.10 Å². The minimum absolute atomic E-state index is 0.282.